The molecule has 23 heavy (non-hydrogen) atoms. The molecule has 0 saturated carbocycles. The van der Waals surface area contributed by atoms with Gasteiger partial charge in [0.1, 0.15) is 18.1 Å². The molecule has 5 heteroatoms. The Morgan fingerprint density at radius 2 is 2.13 bits per heavy atom. The van der Waals surface area contributed by atoms with Gasteiger partial charge in [-0.25, -0.2) is 4.39 Å². The van der Waals surface area contributed by atoms with Gasteiger partial charge in [0.15, 0.2) is 0 Å². The molecule has 3 atom stereocenters. The summed E-state index contributed by atoms with van der Waals surface area (Å²) in [5.74, 6) is -1.68. The molecule has 2 rings (SSSR count). The van der Waals surface area contributed by atoms with Crippen molar-refractivity contribution in [2.24, 2.45) is 11.3 Å². The van der Waals surface area contributed by atoms with Crippen molar-refractivity contribution in [2.45, 2.75) is 39.2 Å². The second-order valence-electron chi connectivity index (χ2n) is 7.53. The standard InChI is InChI=1S/C18H24FNO3/c1-18(2,3)8-16(17(22)23)20-9-13(11-21)15(10-20)12-5-4-6-14(19)7-12/h4-7,11,13,15-16H,8-10H2,1-3H3,(H,22,23)/t13?,15?,16-/m1/s1. The smallest absolute Gasteiger partial charge is 0.320 e. The predicted molar refractivity (Wildman–Crippen MR) is 85.8 cm³/mol. The van der Waals surface area contributed by atoms with E-state index in [1.54, 1.807) is 12.1 Å². The number of likely N-dealkylation sites (tertiary alicyclic amines) is 1. The van der Waals surface area contributed by atoms with Gasteiger partial charge in [-0.05, 0) is 29.5 Å². The number of carboxylic acid groups (broad SMARTS) is 1. The van der Waals surface area contributed by atoms with Crippen LogP contribution in [0.15, 0.2) is 24.3 Å². The molecule has 0 spiro atoms. The monoisotopic (exact) mass is 321 g/mol. The van der Waals surface area contributed by atoms with Gasteiger partial charge < -0.3 is 9.90 Å². The number of benzene rings is 1. The Bertz CT molecular complexity index is 582. The first kappa shape index (κ1) is 17.6. The van der Waals surface area contributed by atoms with E-state index >= 15 is 0 Å². The Kier molecular flexibility index (Phi) is 5.19. The van der Waals surface area contributed by atoms with E-state index in [-0.39, 0.29) is 23.1 Å². The van der Waals surface area contributed by atoms with Crippen molar-refractivity contribution < 1.29 is 19.1 Å². The molecule has 1 aliphatic heterocycles. The molecule has 1 aromatic carbocycles. The molecule has 4 nitrogen and oxygen atoms in total. The minimum Gasteiger partial charge on any atom is -0.480 e. The predicted octanol–water partition coefficient (Wildman–Crippen LogP) is 2.93. The van der Waals surface area contributed by atoms with Gasteiger partial charge in [0, 0.05) is 24.9 Å². The number of hydrogen-bond acceptors (Lipinski definition) is 3. The van der Waals surface area contributed by atoms with Crippen LogP contribution in [-0.4, -0.2) is 41.4 Å². The fraction of sp³-hybridized carbons (Fsp3) is 0.556. The van der Waals surface area contributed by atoms with E-state index < -0.39 is 12.0 Å². The maximum atomic E-state index is 13.5. The van der Waals surface area contributed by atoms with Crippen LogP contribution in [0.25, 0.3) is 0 Å². The number of aldehydes is 1. The molecule has 0 amide bonds. The maximum Gasteiger partial charge on any atom is 0.320 e. The number of carbonyl (C=O) groups excluding carboxylic acids is 1. The average molecular weight is 321 g/mol. The SMILES string of the molecule is CC(C)(C)C[C@H](C(=O)O)N1CC(C=O)C(c2cccc(F)c2)C1. The third kappa shape index (κ3) is 4.38. The summed E-state index contributed by atoms with van der Waals surface area (Å²) in [6.07, 6.45) is 1.37. The molecule has 0 aromatic heterocycles. The molecule has 1 aliphatic rings. The first-order valence-corrected chi connectivity index (χ1v) is 7.89. The molecule has 2 unspecified atom stereocenters. The molecule has 1 heterocycles. The Labute approximate surface area is 136 Å². The van der Waals surface area contributed by atoms with E-state index in [1.807, 2.05) is 25.7 Å². The number of nitrogens with zero attached hydrogens (tertiary/aromatic N) is 1. The molecule has 1 saturated heterocycles. The van der Waals surface area contributed by atoms with Gasteiger partial charge >= 0.3 is 5.97 Å². The van der Waals surface area contributed by atoms with Crippen LogP contribution in [0.2, 0.25) is 0 Å². The zero-order valence-electron chi connectivity index (χ0n) is 13.8. The lowest BCUT2D eigenvalue weighted by molar-refractivity contribution is -0.144. The highest BCUT2D eigenvalue weighted by molar-refractivity contribution is 5.74. The number of rotatable bonds is 5. The summed E-state index contributed by atoms with van der Waals surface area (Å²) in [4.78, 5) is 24.9. The van der Waals surface area contributed by atoms with Gasteiger partial charge in [-0.3, -0.25) is 9.69 Å². The molecular formula is C18H24FNO3. The van der Waals surface area contributed by atoms with Gasteiger partial charge in [0.2, 0.25) is 0 Å². The number of carbonyl (C=O) groups is 2. The van der Waals surface area contributed by atoms with Crippen LogP contribution in [0.3, 0.4) is 0 Å². The summed E-state index contributed by atoms with van der Waals surface area (Å²) in [6.45, 7) is 6.86. The highest BCUT2D eigenvalue weighted by atomic mass is 19.1. The van der Waals surface area contributed by atoms with Crippen molar-refractivity contribution in [3.63, 3.8) is 0 Å². The second-order valence-corrected chi connectivity index (χ2v) is 7.53. The van der Waals surface area contributed by atoms with Crippen molar-refractivity contribution in [3.05, 3.63) is 35.6 Å². The highest BCUT2D eigenvalue weighted by Crippen LogP contribution is 2.35. The summed E-state index contributed by atoms with van der Waals surface area (Å²) in [5.41, 5.74) is 0.626. The fourth-order valence-electron chi connectivity index (χ4n) is 3.30. The largest absolute Gasteiger partial charge is 0.480 e. The summed E-state index contributed by atoms with van der Waals surface area (Å²) >= 11 is 0. The Hall–Kier alpha value is -1.75. The minimum absolute atomic E-state index is 0.128. The number of aliphatic carboxylic acids is 1. The summed E-state index contributed by atoms with van der Waals surface area (Å²) < 4.78 is 13.5. The normalized spacial score (nSPS) is 23.7. The van der Waals surface area contributed by atoms with Gasteiger partial charge in [-0.2, -0.15) is 0 Å². The van der Waals surface area contributed by atoms with Crippen LogP contribution < -0.4 is 0 Å². The minimum atomic E-state index is -0.871. The van der Waals surface area contributed by atoms with E-state index in [4.69, 9.17) is 0 Å². The lowest BCUT2D eigenvalue weighted by Crippen LogP contribution is -2.42. The third-order valence-corrected chi connectivity index (χ3v) is 4.38. The van der Waals surface area contributed by atoms with E-state index in [2.05, 4.69) is 0 Å². The summed E-state index contributed by atoms with van der Waals surface area (Å²) in [6, 6.07) is 5.60. The summed E-state index contributed by atoms with van der Waals surface area (Å²) in [5, 5.41) is 9.57. The van der Waals surface area contributed by atoms with Crippen LogP contribution in [0.1, 0.15) is 38.7 Å². The molecule has 0 bridgehead atoms. The van der Waals surface area contributed by atoms with E-state index in [0.29, 0.717) is 19.5 Å². The van der Waals surface area contributed by atoms with E-state index in [1.165, 1.54) is 12.1 Å². The van der Waals surface area contributed by atoms with E-state index in [9.17, 15) is 19.1 Å². The van der Waals surface area contributed by atoms with Crippen molar-refractivity contribution in [3.8, 4) is 0 Å². The van der Waals surface area contributed by atoms with Crippen LogP contribution in [0.5, 0.6) is 0 Å². The van der Waals surface area contributed by atoms with E-state index in [0.717, 1.165) is 11.8 Å². The van der Waals surface area contributed by atoms with Crippen LogP contribution in [-0.2, 0) is 9.59 Å². The maximum absolute atomic E-state index is 13.5. The lowest BCUT2D eigenvalue weighted by atomic mass is 9.87. The summed E-state index contributed by atoms with van der Waals surface area (Å²) in [7, 11) is 0. The Balaban J connectivity index is 2.23. The van der Waals surface area contributed by atoms with Crippen molar-refractivity contribution in [2.75, 3.05) is 13.1 Å². The van der Waals surface area contributed by atoms with Gasteiger partial charge in [-0.15, -0.1) is 0 Å². The molecule has 1 aromatic rings. The van der Waals surface area contributed by atoms with Gasteiger partial charge in [-0.1, -0.05) is 32.9 Å². The highest BCUT2D eigenvalue weighted by Gasteiger charge is 2.40. The third-order valence-electron chi connectivity index (χ3n) is 4.38. The quantitative estimate of drug-likeness (QED) is 0.847. The second kappa shape index (κ2) is 6.79. The van der Waals surface area contributed by atoms with Crippen molar-refractivity contribution in [1.82, 2.24) is 4.90 Å². The molecule has 1 N–H and O–H groups in total. The molecule has 1 fully saturated rings. The van der Waals surface area contributed by atoms with Crippen LogP contribution in [0.4, 0.5) is 4.39 Å². The molecule has 0 radical (unpaired) electrons. The van der Waals surface area contributed by atoms with Gasteiger partial charge in [0.25, 0.3) is 0 Å². The molecule has 0 aliphatic carbocycles. The molecule has 126 valence electrons. The number of carboxylic acids is 1. The zero-order chi connectivity index (χ0) is 17.2. The number of hydrogen-bond donors (Lipinski definition) is 1. The fourth-order valence-corrected chi connectivity index (χ4v) is 3.30. The Morgan fingerprint density at radius 1 is 1.43 bits per heavy atom. The number of halogens is 1. The topological polar surface area (TPSA) is 57.6 Å². The lowest BCUT2D eigenvalue weighted by Gasteiger charge is -2.30. The zero-order valence-corrected chi connectivity index (χ0v) is 13.8. The first-order chi connectivity index (χ1) is 10.7. The average Bonchev–Trinajstić information content (AvgIpc) is 2.87. The van der Waals surface area contributed by atoms with Crippen LogP contribution in [0, 0.1) is 17.2 Å². The Morgan fingerprint density at radius 3 is 2.65 bits per heavy atom. The van der Waals surface area contributed by atoms with Crippen molar-refractivity contribution in [1.29, 1.82) is 0 Å². The first-order valence-electron chi connectivity index (χ1n) is 7.89. The van der Waals surface area contributed by atoms with Crippen LogP contribution >= 0.6 is 0 Å². The van der Waals surface area contributed by atoms with Gasteiger partial charge in [0.05, 0.1) is 0 Å². The molecular weight excluding hydrogens is 297 g/mol. The van der Waals surface area contributed by atoms with Crippen molar-refractivity contribution >= 4 is 12.3 Å².